The molecular weight excluding hydrogens is 372 g/mol. The van der Waals surface area contributed by atoms with Gasteiger partial charge in [0.2, 0.25) is 0 Å². The molecule has 2 N–H and O–H groups in total. The maximum Gasteiger partial charge on any atom is 0.0777 e. The highest BCUT2D eigenvalue weighted by atomic mass is 16.3. The van der Waals surface area contributed by atoms with E-state index in [1.165, 1.54) is 22.3 Å². The van der Waals surface area contributed by atoms with Gasteiger partial charge < -0.3 is 10.2 Å². The molecule has 6 atom stereocenters. The molecule has 2 aromatic carbocycles. The number of nitrogens with zero attached hydrogens (tertiary/aromatic N) is 2. The van der Waals surface area contributed by atoms with Crippen molar-refractivity contribution in [3.8, 4) is 0 Å². The summed E-state index contributed by atoms with van der Waals surface area (Å²) in [4.78, 5) is 5.09. The van der Waals surface area contributed by atoms with Crippen LogP contribution in [-0.2, 0) is 12.8 Å². The van der Waals surface area contributed by atoms with E-state index in [9.17, 15) is 10.2 Å². The van der Waals surface area contributed by atoms with Gasteiger partial charge in [0.1, 0.15) is 0 Å². The van der Waals surface area contributed by atoms with Crippen molar-refractivity contribution in [3.63, 3.8) is 0 Å². The molecule has 0 bridgehead atoms. The van der Waals surface area contributed by atoms with Crippen molar-refractivity contribution in [2.45, 2.75) is 75.9 Å². The van der Waals surface area contributed by atoms with E-state index in [0.29, 0.717) is 12.1 Å². The van der Waals surface area contributed by atoms with Crippen LogP contribution < -0.4 is 0 Å². The Balaban J connectivity index is 1.37. The second-order valence-corrected chi connectivity index (χ2v) is 9.58. The lowest BCUT2D eigenvalue weighted by molar-refractivity contribution is -0.0116. The summed E-state index contributed by atoms with van der Waals surface area (Å²) in [6.45, 7) is 6.56. The van der Waals surface area contributed by atoms with E-state index in [2.05, 4.69) is 72.2 Å². The minimum atomic E-state index is -0.320. The molecule has 160 valence electrons. The first kappa shape index (κ1) is 20.2. The maximum atomic E-state index is 10.9. The summed E-state index contributed by atoms with van der Waals surface area (Å²) in [5, 5.41) is 21.8. The zero-order chi connectivity index (χ0) is 20.8. The number of fused-ring (bicyclic) bond motifs is 2. The first-order valence-corrected chi connectivity index (χ1v) is 11.6. The fourth-order valence-electron chi connectivity index (χ4n) is 6.18. The third-order valence-corrected chi connectivity index (χ3v) is 7.79. The van der Waals surface area contributed by atoms with Crippen LogP contribution >= 0.6 is 0 Å². The van der Waals surface area contributed by atoms with Crippen molar-refractivity contribution in [1.82, 2.24) is 9.80 Å². The molecule has 1 saturated heterocycles. The van der Waals surface area contributed by atoms with Crippen molar-refractivity contribution in [3.05, 3.63) is 70.8 Å². The van der Waals surface area contributed by atoms with E-state index in [4.69, 9.17) is 0 Å². The van der Waals surface area contributed by atoms with Crippen LogP contribution in [0.4, 0.5) is 0 Å². The summed E-state index contributed by atoms with van der Waals surface area (Å²) in [7, 11) is 0. The van der Waals surface area contributed by atoms with Gasteiger partial charge in [0.05, 0.1) is 24.3 Å². The lowest BCUT2D eigenvalue weighted by atomic mass is 9.97. The molecule has 1 aliphatic heterocycles. The highest BCUT2D eigenvalue weighted by molar-refractivity contribution is 5.37. The van der Waals surface area contributed by atoms with Crippen LogP contribution in [0.25, 0.3) is 0 Å². The molecule has 1 fully saturated rings. The normalized spacial score (nSPS) is 34.9. The Morgan fingerprint density at radius 1 is 0.667 bits per heavy atom. The minimum absolute atomic E-state index is 0.104. The first-order chi connectivity index (χ1) is 14.5. The molecular formula is C26H34N2O2. The Labute approximate surface area is 180 Å². The molecule has 2 unspecified atom stereocenters. The average molecular weight is 407 g/mol. The van der Waals surface area contributed by atoms with Gasteiger partial charge in [-0.3, -0.25) is 9.80 Å². The van der Waals surface area contributed by atoms with E-state index >= 15 is 0 Å². The molecule has 0 spiro atoms. The van der Waals surface area contributed by atoms with Crippen LogP contribution in [0.5, 0.6) is 0 Å². The van der Waals surface area contributed by atoms with Gasteiger partial charge in [-0.1, -0.05) is 48.5 Å². The maximum absolute atomic E-state index is 10.9. The highest BCUT2D eigenvalue weighted by Gasteiger charge is 2.41. The van der Waals surface area contributed by atoms with Crippen molar-refractivity contribution in [1.29, 1.82) is 0 Å². The number of aliphatic hydroxyl groups is 2. The van der Waals surface area contributed by atoms with Crippen molar-refractivity contribution >= 4 is 0 Å². The van der Waals surface area contributed by atoms with Gasteiger partial charge in [-0.2, -0.15) is 0 Å². The monoisotopic (exact) mass is 406 g/mol. The molecule has 0 saturated carbocycles. The predicted molar refractivity (Wildman–Crippen MR) is 119 cm³/mol. The van der Waals surface area contributed by atoms with E-state index < -0.39 is 0 Å². The largest absolute Gasteiger partial charge is 0.391 e. The molecule has 5 rings (SSSR count). The van der Waals surface area contributed by atoms with E-state index in [-0.39, 0.29) is 24.3 Å². The summed E-state index contributed by atoms with van der Waals surface area (Å²) in [5.74, 6) is 0. The van der Waals surface area contributed by atoms with Crippen molar-refractivity contribution in [2.75, 3.05) is 13.1 Å². The van der Waals surface area contributed by atoms with Crippen LogP contribution in [0.1, 0.15) is 61.0 Å². The predicted octanol–water partition coefficient (Wildman–Crippen LogP) is 3.48. The summed E-state index contributed by atoms with van der Waals surface area (Å²) in [6, 6.07) is 18.1. The average Bonchev–Trinajstić information content (AvgIpc) is 3.24. The molecule has 2 aliphatic carbocycles. The quantitative estimate of drug-likeness (QED) is 0.802. The van der Waals surface area contributed by atoms with Crippen LogP contribution in [0.2, 0.25) is 0 Å². The molecule has 0 radical (unpaired) electrons. The molecule has 4 heteroatoms. The minimum Gasteiger partial charge on any atom is -0.391 e. The van der Waals surface area contributed by atoms with E-state index in [0.717, 1.165) is 38.8 Å². The molecule has 1 heterocycles. The van der Waals surface area contributed by atoms with Crippen LogP contribution in [0, 0.1) is 0 Å². The topological polar surface area (TPSA) is 46.9 Å². The summed E-state index contributed by atoms with van der Waals surface area (Å²) in [5.41, 5.74) is 5.21. The second kappa shape index (κ2) is 8.08. The first-order valence-electron chi connectivity index (χ1n) is 11.6. The lowest BCUT2D eigenvalue weighted by Crippen LogP contribution is -2.50. The van der Waals surface area contributed by atoms with Gasteiger partial charge in [0.25, 0.3) is 0 Å². The lowest BCUT2D eigenvalue weighted by Gasteiger charge is -2.44. The van der Waals surface area contributed by atoms with Gasteiger partial charge in [-0.15, -0.1) is 0 Å². The van der Waals surface area contributed by atoms with Gasteiger partial charge in [0.15, 0.2) is 0 Å². The van der Waals surface area contributed by atoms with Crippen LogP contribution in [-0.4, -0.2) is 57.4 Å². The smallest absolute Gasteiger partial charge is 0.0777 e. The SMILES string of the molecule is CC1CCN([C@@H]2c3ccccc3C[C@@H]2O)C(C)CCN1[C@@H]1c2ccccc2C[C@@H]1O. The Morgan fingerprint density at radius 2 is 1.07 bits per heavy atom. The molecule has 2 aromatic rings. The number of rotatable bonds is 2. The van der Waals surface area contributed by atoms with E-state index in [1.807, 2.05) is 0 Å². The van der Waals surface area contributed by atoms with Gasteiger partial charge >= 0.3 is 0 Å². The van der Waals surface area contributed by atoms with Gasteiger partial charge in [-0.25, -0.2) is 0 Å². The zero-order valence-electron chi connectivity index (χ0n) is 18.1. The Morgan fingerprint density at radius 3 is 1.50 bits per heavy atom. The van der Waals surface area contributed by atoms with E-state index in [1.54, 1.807) is 0 Å². The second-order valence-electron chi connectivity index (χ2n) is 9.58. The van der Waals surface area contributed by atoms with Gasteiger partial charge in [0, 0.05) is 38.0 Å². The Kier molecular flexibility index (Phi) is 5.44. The highest BCUT2D eigenvalue weighted by Crippen LogP contribution is 2.41. The van der Waals surface area contributed by atoms with Crippen LogP contribution in [0.15, 0.2) is 48.5 Å². The zero-order valence-corrected chi connectivity index (χ0v) is 18.1. The van der Waals surface area contributed by atoms with Crippen LogP contribution in [0.3, 0.4) is 0 Å². The third kappa shape index (κ3) is 3.40. The number of aliphatic hydroxyl groups excluding tert-OH is 2. The number of hydrogen-bond acceptors (Lipinski definition) is 4. The van der Waals surface area contributed by atoms with Crippen molar-refractivity contribution in [2.24, 2.45) is 0 Å². The third-order valence-electron chi connectivity index (χ3n) is 7.79. The summed E-state index contributed by atoms with van der Waals surface area (Å²) >= 11 is 0. The number of hydrogen-bond donors (Lipinski definition) is 2. The summed E-state index contributed by atoms with van der Waals surface area (Å²) < 4.78 is 0. The Hall–Kier alpha value is -1.72. The molecule has 3 aliphatic rings. The molecule has 0 amide bonds. The van der Waals surface area contributed by atoms with Gasteiger partial charge in [-0.05, 0) is 48.9 Å². The Bertz CT molecular complexity index is 827. The molecule has 0 aromatic heterocycles. The molecule has 4 nitrogen and oxygen atoms in total. The standard InChI is InChI=1S/C26H34N2O2/c1-17-11-13-28(26-22-10-6-4-8-20(22)16-24(26)30)18(2)12-14-27(17)25-21-9-5-3-7-19(21)15-23(25)29/h3-10,17-18,23-26,29-30H,11-16H2,1-2H3/t17?,18?,23-,24-,25+,26+/m0/s1. The summed E-state index contributed by atoms with van der Waals surface area (Å²) in [6.07, 6.45) is 2.97. The fraction of sp³-hybridized carbons (Fsp3) is 0.538. The fourth-order valence-corrected chi connectivity index (χ4v) is 6.18. The molecule has 30 heavy (non-hydrogen) atoms. The number of benzene rings is 2. The van der Waals surface area contributed by atoms with Crippen molar-refractivity contribution < 1.29 is 10.2 Å².